The van der Waals surface area contributed by atoms with Crippen molar-refractivity contribution in [1.82, 2.24) is 99.4 Å². The predicted octanol–water partition coefficient (Wildman–Crippen LogP) is 3.72. The molecule has 10 heterocycles. The fraction of sp³-hybridized carbons (Fsp3) is 0.371. The molecule has 22 heteroatoms. The van der Waals surface area contributed by atoms with Gasteiger partial charge in [0.25, 0.3) is 11.9 Å². The van der Waals surface area contributed by atoms with Gasteiger partial charge in [-0.3, -0.25) is 19.3 Å². The number of anilines is 2. The highest BCUT2D eigenvalue weighted by Crippen LogP contribution is 2.41. The molecular formula is C35H40N22. The summed E-state index contributed by atoms with van der Waals surface area (Å²) in [7, 11) is 0. The lowest BCUT2D eigenvalue weighted by Gasteiger charge is -2.39. The maximum absolute atomic E-state index is 4.91. The van der Waals surface area contributed by atoms with E-state index in [-0.39, 0.29) is 24.2 Å². The minimum Gasteiger partial charge on any atom is -0.342 e. The number of aromatic nitrogens is 20. The van der Waals surface area contributed by atoms with E-state index < -0.39 is 0 Å². The van der Waals surface area contributed by atoms with E-state index in [1.54, 1.807) is 40.5 Å². The summed E-state index contributed by atoms with van der Waals surface area (Å²) in [6.45, 7) is 14.8. The Balaban J connectivity index is 0.000000148. The molecule has 57 heavy (non-hydrogen) atoms. The van der Waals surface area contributed by atoms with E-state index in [9.17, 15) is 0 Å². The molecule has 0 fully saturated rings. The summed E-state index contributed by atoms with van der Waals surface area (Å²) < 4.78 is 7.23. The first-order chi connectivity index (χ1) is 27.8. The second-order valence-electron chi connectivity index (χ2n) is 14.0. The summed E-state index contributed by atoms with van der Waals surface area (Å²) in [6.07, 6.45) is 13.4. The Morgan fingerprint density at radius 2 is 1.21 bits per heavy atom. The van der Waals surface area contributed by atoms with Crippen molar-refractivity contribution in [2.75, 3.05) is 9.80 Å². The Morgan fingerprint density at radius 3 is 1.74 bits per heavy atom. The van der Waals surface area contributed by atoms with Crippen molar-refractivity contribution in [3.8, 4) is 46.3 Å². The van der Waals surface area contributed by atoms with Gasteiger partial charge in [0.2, 0.25) is 0 Å². The fourth-order valence-electron chi connectivity index (χ4n) is 7.59. The number of nitrogens with zero attached hydrogens (tertiary/aromatic N) is 20. The first-order valence-corrected chi connectivity index (χ1v) is 18.7. The van der Waals surface area contributed by atoms with Crippen LogP contribution in [-0.2, 0) is 0 Å². The van der Waals surface area contributed by atoms with Gasteiger partial charge in [0, 0.05) is 24.5 Å². The Hall–Kier alpha value is -7.26. The van der Waals surface area contributed by atoms with Gasteiger partial charge in [-0.05, 0) is 59.6 Å². The third-order valence-corrected chi connectivity index (χ3v) is 10.00. The van der Waals surface area contributed by atoms with Crippen molar-refractivity contribution in [2.45, 2.75) is 85.5 Å². The molecule has 8 aromatic heterocycles. The zero-order valence-corrected chi connectivity index (χ0v) is 32.4. The molecule has 2 aliphatic rings. The normalized spacial score (nSPS) is 15.7. The SMILES string of the molecule is CC[C@@H]1c2nnc(C)n2-c2cnc(-n3ncnc3-c3ccn[nH]3)nc2N1C(C)C.CC[C@@H]1c2nncn2-c2cnc(-n3ncnc3-c3ccn[nH]3)nc2N1C(C)C. The van der Waals surface area contributed by atoms with Gasteiger partial charge < -0.3 is 9.80 Å². The minimum atomic E-state index is 0.0780. The van der Waals surface area contributed by atoms with Gasteiger partial charge in [-0.2, -0.15) is 39.7 Å². The van der Waals surface area contributed by atoms with Gasteiger partial charge >= 0.3 is 0 Å². The van der Waals surface area contributed by atoms with Crippen LogP contribution in [0.2, 0.25) is 0 Å². The smallest absolute Gasteiger partial charge is 0.254 e. The molecule has 10 rings (SSSR count). The van der Waals surface area contributed by atoms with Crippen LogP contribution >= 0.6 is 0 Å². The van der Waals surface area contributed by atoms with E-state index in [0.29, 0.717) is 23.5 Å². The van der Waals surface area contributed by atoms with E-state index in [1.807, 2.05) is 28.2 Å². The zero-order chi connectivity index (χ0) is 39.4. The number of nitrogens with one attached hydrogen (secondary N) is 2. The van der Waals surface area contributed by atoms with Gasteiger partial charge in [0.05, 0.1) is 24.5 Å². The van der Waals surface area contributed by atoms with Gasteiger partial charge in [-0.15, -0.1) is 20.4 Å². The Labute approximate surface area is 325 Å². The maximum atomic E-state index is 4.91. The first-order valence-electron chi connectivity index (χ1n) is 18.7. The van der Waals surface area contributed by atoms with Gasteiger partial charge in [-0.25, -0.2) is 19.9 Å². The molecule has 0 aromatic carbocycles. The molecule has 8 aromatic rings. The van der Waals surface area contributed by atoms with E-state index in [2.05, 4.69) is 122 Å². The molecule has 0 aliphatic carbocycles. The number of fused-ring (bicyclic) bond motifs is 6. The van der Waals surface area contributed by atoms with Crippen LogP contribution in [0.4, 0.5) is 11.6 Å². The number of H-pyrrole nitrogens is 2. The van der Waals surface area contributed by atoms with Crippen LogP contribution in [0.5, 0.6) is 0 Å². The third kappa shape index (κ3) is 5.78. The highest BCUT2D eigenvalue weighted by Gasteiger charge is 2.37. The lowest BCUT2D eigenvalue weighted by molar-refractivity contribution is 0.495. The van der Waals surface area contributed by atoms with Crippen molar-refractivity contribution in [3.05, 3.63) is 73.4 Å². The number of hydrogen-bond acceptors (Lipinski definition) is 16. The van der Waals surface area contributed by atoms with Crippen LogP contribution in [0.25, 0.3) is 46.3 Å². The van der Waals surface area contributed by atoms with Crippen LogP contribution in [0, 0.1) is 6.92 Å². The van der Waals surface area contributed by atoms with Crippen molar-refractivity contribution < 1.29 is 0 Å². The zero-order valence-electron chi connectivity index (χ0n) is 32.4. The van der Waals surface area contributed by atoms with Crippen molar-refractivity contribution in [2.24, 2.45) is 0 Å². The van der Waals surface area contributed by atoms with E-state index in [1.165, 1.54) is 12.7 Å². The molecular weight excluding hydrogens is 729 g/mol. The van der Waals surface area contributed by atoms with Gasteiger partial charge in [-0.1, -0.05) is 13.8 Å². The highest BCUT2D eigenvalue weighted by atomic mass is 15.5. The lowest BCUT2D eigenvalue weighted by atomic mass is 10.1. The van der Waals surface area contributed by atoms with E-state index in [0.717, 1.165) is 64.7 Å². The molecule has 2 aliphatic heterocycles. The maximum Gasteiger partial charge on any atom is 0.254 e. The molecule has 0 spiro atoms. The number of hydrogen-bond donors (Lipinski definition) is 2. The first kappa shape index (κ1) is 35.4. The number of aromatic amines is 2. The Bertz CT molecular complexity index is 2630. The predicted molar refractivity (Wildman–Crippen MR) is 205 cm³/mol. The molecule has 0 radical (unpaired) electrons. The summed E-state index contributed by atoms with van der Waals surface area (Å²) in [4.78, 5) is 32.1. The van der Waals surface area contributed by atoms with Crippen LogP contribution in [0.15, 0.2) is 55.9 Å². The van der Waals surface area contributed by atoms with Crippen molar-refractivity contribution in [3.63, 3.8) is 0 Å². The summed E-state index contributed by atoms with van der Waals surface area (Å²) >= 11 is 0. The number of aryl methyl sites for hydroxylation is 1. The van der Waals surface area contributed by atoms with Crippen LogP contribution in [-0.4, -0.2) is 111 Å². The molecule has 0 unspecified atom stereocenters. The highest BCUT2D eigenvalue weighted by molar-refractivity contribution is 5.64. The summed E-state index contributed by atoms with van der Waals surface area (Å²) in [6, 6.07) is 4.26. The number of rotatable bonds is 8. The quantitative estimate of drug-likeness (QED) is 0.224. The molecule has 2 atom stereocenters. The standard InChI is InChI=1S/C18H21N11.C17H19N11/c1-5-13-17-26-24-11(4)28(17)14-8-19-18(23-16(14)27(13)10(2)3)29-15(20-9-22-29)12-6-7-21-25-12;1-4-12-16-25-21-9-26(16)13-7-18-17(23-15(13)27(12)10(2)3)28-14(19-8-22-28)11-5-6-20-24-11/h6-10,13H,5H2,1-4H3,(H,21,25);5-10,12H,4H2,1-3H3,(H,20,24)/t13-;12-/m11/s1. The van der Waals surface area contributed by atoms with Gasteiger partial charge in [0.15, 0.2) is 34.9 Å². The third-order valence-electron chi connectivity index (χ3n) is 10.00. The van der Waals surface area contributed by atoms with Crippen LogP contribution in [0.3, 0.4) is 0 Å². The molecule has 22 nitrogen and oxygen atoms in total. The van der Waals surface area contributed by atoms with Crippen molar-refractivity contribution >= 4 is 11.6 Å². The summed E-state index contributed by atoms with van der Waals surface area (Å²) in [5, 5.41) is 39.6. The molecule has 2 N–H and O–H groups in total. The lowest BCUT2D eigenvalue weighted by Crippen LogP contribution is -2.40. The molecule has 290 valence electrons. The van der Waals surface area contributed by atoms with E-state index >= 15 is 0 Å². The van der Waals surface area contributed by atoms with Crippen molar-refractivity contribution in [1.29, 1.82) is 0 Å². The molecule has 0 saturated heterocycles. The molecule has 0 bridgehead atoms. The molecule has 0 saturated carbocycles. The second-order valence-corrected chi connectivity index (χ2v) is 14.0. The topological polar surface area (TPSA) is 238 Å². The second kappa shape index (κ2) is 14.1. The van der Waals surface area contributed by atoms with Gasteiger partial charge in [0.1, 0.15) is 47.6 Å². The Morgan fingerprint density at radius 1 is 0.667 bits per heavy atom. The average Bonchev–Trinajstić information content (AvgIpc) is 4.06. The van der Waals surface area contributed by atoms with Crippen LogP contribution < -0.4 is 9.80 Å². The summed E-state index contributed by atoms with van der Waals surface area (Å²) in [5.74, 6) is 6.38. The van der Waals surface area contributed by atoms with E-state index in [4.69, 9.17) is 9.97 Å². The summed E-state index contributed by atoms with van der Waals surface area (Å²) in [5.41, 5.74) is 3.21. The Kier molecular flexibility index (Phi) is 8.77. The minimum absolute atomic E-state index is 0.0780. The average molecular weight is 769 g/mol. The molecule has 0 amide bonds. The van der Waals surface area contributed by atoms with Crippen LogP contribution in [0.1, 0.15) is 83.9 Å². The fourth-order valence-corrected chi connectivity index (χ4v) is 7.59. The largest absolute Gasteiger partial charge is 0.342 e. The monoisotopic (exact) mass is 768 g/mol.